The molecular weight excluding hydrogens is 600 g/mol. The second-order valence-electron chi connectivity index (χ2n) is 8.73. The Bertz CT molecular complexity index is 1350. The molecule has 2 N–H and O–H groups in total. The standard InChI is InChI=1S/C26H16F12N2O2/c27-23(28,29)17-8-6-14(11-19(17)25(33,34)35)39-21(41)16(10-13-4-2-1-3-5-13)22(42)40-15-7-9-18(24(30,31)32)20(12-15)26(36,37)38/h1-9,11-12,16H,10H2,(H,39,41)(H,40,42). The Hall–Kier alpha value is -4.24. The van der Waals surface area contributed by atoms with Crippen molar-refractivity contribution in [2.45, 2.75) is 31.1 Å². The lowest BCUT2D eigenvalue weighted by Crippen LogP contribution is -2.35. The van der Waals surface area contributed by atoms with Gasteiger partial charge in [-0.3, -0.25) is 9.59 Å². The molecule has 2 amide bonds. The normalized spacial score (nSPS) is 12.8. The number of hydrogen-bond acceptors (Lipinski definition) is 2. The first-order valence-electron chi connectivity index (χ1n) is 11.4. The molecule has 0 aliphatic carbocycles. The molecule has 0 bridgehead atoms. The average Bonchev–Trinajstić information content (AvgIpc) is 2.85. The van der Waals surface area contributed by atoms with Gasteiger partial charge < -0.3 is 10.6 Å². The van der Waals surface area contributed by atoms with Crippen LogP contribution in [-0.2, 0) is 40.7 Å². The Kier molecular flexibility index (Phi) is 8.89. The van der Waals surface area contributed by atoms with Gasteiger partial charge in [-0.2, -0.15) is 52.7 Å². The van der Waals surface area contributed by atoms with Crippen LogP contribution in [0.5, 0.6) is 0 Å². The minimum Gasteiger partial charge on any atom is -0.325 e. The van der Waals surface area contributed by atoms with Crippen molar-refractivity contribution in [2.75, 3.05) is 10.6 Å². The van der Waals surface area contributed by atoms with Crippen LogP contribution in [-0.4, -0.2) is 11.8 Å². The molecule has 0 fully saturated rings. The molecule has 0 atom stereocenters. The number of anilines is 2. The molecule has 0 heterocycles. The predicted molar refractivity (Wildman–Crippen MR) is 124 cm³/mol. The highest BCUT2D eigenvalue weighted by Gasteiger charge is 2.44. The zero-order chi connectivity index (χ0) is 31.7. The fourth-order valence-electron chi connectivity index (χ4n) is 3.82. The van der Waals surface area contributed by atoms with Gasteiger partial charge in [-0.05, 0) is 48.4 Å². The van der Waals surface area contributed by atoms with Crippen LogP contribution in [0.2, 0.25) is 0 Å². The fraction of sp³-hybridized carbons (Fsp3) is 0.231. The Balaban J connectivity index is 1.97. The zero-order valence-electron chi connectivity index (χ0n) is 20.5. The van der Waals surface area contributed by atoms with E-state index >= 15 is 0 Å². The van der Waals surface area contributed by atoms with E-state index < -0.39 is 82.5 Å². The average molecular weight is 616 g/mol. The van der Waals surface area contributed by atoms with E-state index in [2.05, 4.69) is 0 Å². The lowest BCUT2D eigenvalue weighted by atomic mass is 9.96. The van der Waals surface area contributed by atoms with Gasteiger partial charge in [-0.15, -0.1) is 0 Å². The summed E-state index contributed by atoms with van der Waals surface area (Å²) in [5.74, 6) is -4.65. The fourth-order valence-corrected chi connectivity index (χ4v) is 3.82. The molecule has 4 nitrogen and oxygen atoms in total. The molecule has 226 valence electrons. The van der Waals surface area contributed by atoms with Crippen molar-refractivity contribution < 1.29 is 62.3 Å². The van der Waals surface area contributed by atoms with Gasteiger partial charge >= 0.3 is 24.7 Å². The van der Waals surface area contributed by atoms with Gasteiger partial charge in [0.15, 0.2) is 0 Å². The predicted octanol–water partition coefficient (Wildman–Crippen LogP) is 8.20. The van der Waals surface area contributed by atoms with E-state index in [1.54, 1.807) is 6.07 Å². The van der Waals surface area contributed by atoms with E-state index in [4.69, 9.17) is 0 Å². The smallest absolute Gasteiger partial charge is 0.325 e. The van der Waals surface area contributed by atoms with Crippen LogP contribution in [0.1, 0.15) is 27.8 Å². The van der Waals surface area contributed by atoms with Crippen LogP contribution in [0.3, 0.4) is 0 Å². The molecule has 0 radical (unpaired) electrons. The summed E-state index contributed by atoms with van der Waals surface area (Å²) in [5.41, 5.74) is -9.67. The summed E-state index contributed by atoms with van der Waals surface area (Å²) in [6.07, 6.45) is -22.3. The number of rotatable bonds is 6. The minimum atomic E-state index is -5.49. The number of halogens is 12. The highest BCUT2D eigenvalue weighted by Crippen LogP contribution is 2.42. The second kappa shape index (κ2) is 11.6. The number of carbonyl (C=O) groups excluding carboxylic acids is 2. The van der Waals surface area contributed by atoms with Gasteiger partial charge in [-0.25, -0.2) is 0 Å². The zero-order valence-corrected chi connectivity index (χ0v) is 20.5. The molecule has 0 spiro atoms. The van der Waals surface area contributed by atoms with Crippen molar-refractivity contribution in [2.24, 2.45) is 5.92 Å². The van der Waals surface area contributed by atoms with Crippen LogP contribution in [0, 0.1) is 5.92 Å². The molecule has 0 aliphatic heterocycles. The van der Waals surface area contributed by atoms with Crippen LogP contribution in [0.25, 0.3) is 0 Å². The third-order valence-electron chi connectivity index (χ3n) is 5.71. The molecule has 3 aromatic carbocycles. The van der Waals surface area contributed by atoms with Gasteiger partial charge in [-0.1, -0.05) is 30.3 Å². The van der Waals surface area contributed by atoms with E-state index in [1.165, 1.54) is 24.3 Å². The monoisotopic (exact) mass is 616 g/mol. The van der Waals surface area contributed by atoms with Crippen molar-refractivity contribution in [3.8, 4) is 0 Å². The molecule has 42 heavy (non-hydrogen) atoms. The summed E-state index contributed by atoms with van der Waals surface area (Å²) >= 11 is 0. The minimum absolute atomic E-state index is 0.0102. The third-order valence-corrected chi connectivity index (χ3v) is 5.71. The van der Waals surface area contributed by atoms with E-state index in [0.29, 0.717) is 12.1 Å². The number of carbonyl (C=O) groups is 2. The molecule has 16 heteroatoms. The third kappa shape index (κ3) is 7.94. The molecule has 0 aliphatic rings. The summed E-state index contributed by atoms with van der Waals surface area (Å²) in [6.45, 7) is 0. The molecule has 0 aromatic heterocycles. The largest absolute Gasteiger partial charge is 0.417 e. The number of amides is 2. The second-order valence-corrected chi connectivity index (χ2v) is 8.73. The Labute approximate surface area is 228 Å². The summed E-state index contributed by atoms with van der Waals surface area (Å²) in [5, 5.41) is 3.78. The lowest BCUT2D eigenvalue weighted by Gasteiger charge is -2.20. The quantitative estimate of drug-likeness (QED) is 0.217. The number of alkyl halides is 12. The van der Waals surface area contributed by atoms with Crippen molar-refractivity contribution in [1.82, 2.24) is 0 Å². The number of nitrogens with one attached hydrogen (secondary N) is 2. The van der Waals surface area contributed by atoms with Gasteiger partial charge in [0, 0.05) is 11.4 Å². The topological polar surface area (TPSA) is 58.2 Å². The number of hydrogen-bond donors (Lipinski definition) is 2. The highest BCUT2D eigenvalue weighted by molar-refractivity contribution is 6.11. The van der Waals surface area contributed by atoms with Gasteiger partial charge in [0.05, 0.1) is 22.3 Å². The Morgan fingerprint density at radius 1 is 0.524 bits per heavy atom. The first-order valence-corrected chi connectivity index (χ1v) is 11.4. The van der Waals surface area contributed by atoms with E-state index in [1.807, 2.05) is 10.6 Å². The highest BCUT2D eigenvalue weighted by atomic mass is 19.4. The van der Waals surface area contributed by atoms with Gasteiger partial charge in [0.2, 0.25) is 11.8 Å². The number of benzene rings is 3. The van der Waals surface area contributed by atoms with Crippen molar-refractivity contribution in [3.05, 3.63) is 94.5 Å². The lowest BCUT2D eigenvalue weighted by molar-refractivity contribution is -0.162. The van der Waals surface area contributed by atoms with Crippen LogP contribution in [0.15, 0.2) is 66.7 Å². The van der Waals surface area contributed by atoms with Gasteiger partial charge in [0.25, 0.3) is 0 Å². The maximum atomic E-state index is 13.3. The SMILES string of the molecule is O=C(Nc1ccc(C(F)(F)F)c(C(F)(F)F)c1)C(Cc1ccccc1)C(=O)Nc1ccc(C(F)(F)F)c(C(F)(F)F)c1. The van der Waals surface area contributed by atoms with Gasteiger partial charge in [0.1, 0.15) is 5.92 Å². The Morgan fingerprint density at radius 3 is 1.21 bits per heavy atom. The molecular formula is C26H16F12N2O2. The van der Waals surface area contributed by atoms with Crippen LogP contribution in [0.4, 0.5) is 64.1 Å². The van der Waals surface area contributed by atoms with Crippen LogP contribution >= 0.6 is 0 Å². The summed E-state index contributed by atoms with van der Waals surface area (Å²) in [6, 6.07) is 8.40. The molecule has 3 rings (SSSR count). The first-order chi connectivity index (χ1) is 19.2. The molecule has 0 unspecified atom stereocenters. The Morgan fingerprint density at radius 2 is 0.881 bits per heavy atom. The molecule has 0 saturated carbocycles. The summed E-state index contributed by atoms with van der Waals surface area (Å²) < 4.78 is 158. The summed E-state index contributed by atoms with van der Waals surface area (Å²) in [4.78, 5) is 26.0. The molecule has 0 saturated heterocycles. The van der Waals surface area contributed by atoms with Crippen molar-refractivity contribution >= 4 is 23.2 Å². The van der Waals surface area contributed by atoms with Crippen LogP contribution < -0.4 is 10.6 Å². The van der Waals surface area contributed by atoms with E-state index in [0.717, 1.165) is 0 Å². The maximum absolute atomic E-state index is 13.3. The van der Waals surface area contributed by atoms with E-state index in [-0.39, 0.29) is 29.8 Å². The summed E-state index contributed by atoms with van der Waals surface area (Å²) in [7, 11) is 0. The molecule has 3 aromatic rings. The van der Waals surface area contributed by atoms with Crippen molar-refractivity contribution in [3.63, 3.8) is 0 Å². The van der Waals surface area contributed by atoms with E-state index in [9.17, 15) is 62.3 Å². The maximum Gasteiger partial charge on any atom is 0.417 e. The van der Waals surface area contributed by atoms with Crippen molar-refractivity contribution in [1.29, 1.82) is 0 Å². The first kappa shape index (κ1) is 32.3.